The topological polar surface area (TPSA) is 77.4 Å². The van der Waals surface area contributed by atoms with Crippen LogP contribution in [0.5, 0.6) is 11.5 Å². The van der Waals surface area contributed by atoms with Crippen LogP contribution >= 0.6 is 23.5 Å². The van der Waals surface area contributed by atoms with Crippen LogP contribution in [0.15, 0.2) is 36.4 Å². The fraction of sp³-hybridized carbons (Fsp3) is 0.545. The maximum atomic E-state index is 10.1. The minimum atomic E-state index is -0.692. The Kier molecular flexibility index (Phi) is 12.4. The molecule has 0 spiro atoms. The van der Waals surface area contributed by atoms with E-state index in [0.29, 0.717) is 24.7 Å². The molecule has 2 rings (SSSR count). The second kappa shape index (κ2) is 14.8. The van der Waals surface area contributed by atoms with Crippen LogP contribution < -0.4 is 9.47 Å². The molecule has 0 bridgehead atoms. The van der Waals surface area contributed by atoms with Crippen LogP contribution in [0.2, 0.25) is 0 Å². The SMILES string of the molecule is CSCCOCC(O)COc1cccc2c(OCC(O)COCCSC)cccc12. The lowest BCUT2D eigenvalue weighted by atomic mass is 10.1. The summed E-state index contributed by atoms with van der Waals surface area (Å²) in [5, 5.41) is 21.9. The van der Waals surface area contributed by atoms with Gasteiger partial charge in [-0.1, -0.05) is 24.3 Å². The van der Waals surface area contributed by atoms with E-state index in [1.165, 1.54) is 0 Å². The highest BCUT2D eigenvalue weighted by Crippen LogP contribution is 2.32. The lowest BCUT2D eigenvalue weighted by molar-refractivity contribution is 0.0173. The number of thioether (sulfide) groups is 2. The van der Waals surface area contributed by atoms with E-state index in [1.807, 2.05) is 48.9 Å². The number of benzene rings is 2. The molecule has 0 aliphatic rings. The summed E-state index contributed by atoms with van der Waals surface area (Å²) in [5.74, 6) is 3.14. The standard InChI is InChI=1S/C22H32O6S2/c1-29-11-9-25-13-17(23)15-27-21-7-3-6-20-19(21)5-4-8-22(20)28-16-18(24)14-26-10-12-30-2/h3-8,17-18,23-24H,9-16H2,1-2H3. The Bertz CT molecular complexity index is 669. The fourth-order valence-electron chi connectivity index (χ4n) is 2.70. The lowest BCUT2D eigenvalue weighted by Gasteiger charge is -2.16. The summed E-state index contributed by atoms with van der Waals surface area (Å²) in [7, 11) is 0. The van der Waals surface area contributed by atoms with Gasteiger partial charge in [0.15, 0.2) is 0 Å². The van der Waals surface area contributed by atoms with E-state index in [2.05, 4.69) is 0 Å². The third kappa shape index (κ3) is 8.91. The van der Waals surface area contributed by atoms with Gasteiger partial charge in [-0.15, -0.1) is 0 Å². The van der Waals surface area contributed by atoms with Gasteiger partial charge in [-0.25, -0.2) is 0 Å². The van der Waals surface area contributed by atoms with Crippen molar-refractivity contribution in [2.24, 2.45) is 0 Å². The summed E-state index contributed by atoms with van der Waals surface area (Å²) in [5.41, 5.74) is 0. The molecule has 0 amide bonds. The van der Waals surface area contributed by atoms with Crippen molar-refractivity contribution in [1.82, 2.24) is 0 Å². The normalized spacial score (nSPS) is 13.3. The molecule has 0 radical (unpaired) electrons. The average molecular weight is 457 g/mol. The Hall–Kier alpha value is -1.16. The molecule has 0 fully saturated rings. The van der Waals surface area contributed by atoms with E-state index >= 15 is 0 Å². The van der Waals surface area contributed by atoms with Crippen LogP contribution in [0.4, 0.5) is 0 Å². The molecule has 0 aliphatic carbocycles. The third-order valence-electron chi connectivity index (χ3n) is 4.19. The van der Waals surface area contributed by atoms with Gasteiger partial charge in [0.2, 0.25) is 0 Å². The van der Waals surface area contributed by atoms with Crippen molar-refractivity contribution in [3.63, 3.8) is 0 Å². The van der Waals surface area contributed by atoms with E-state index < -0.39 is 12.2 Å². The highest BCUT2D eigenvalue weighted by molar-refractivity contribution is 7.98. The van der Waals surface area contributed by atoms with Crippen molar-refractivity contribution >= 4 is 34.3 Å². The first kappa shape index (κ1) is 25.1. The van der Waals surface area contributed by atoms with Gasteiger partial charge in [0.05, 0.1) is 26.4 Å². The second-order valence-electron chi connectivity index (χ2n) is 6.67. The monoisotopic (exact) mass is 456 g/mol. The first-order chi connectivity index (χ1) is 14.7. The number of aliphatic hydroxyl groups excluding tert-OH is 2. The molecule has 2 atom stereocenters. The smallest absolute Gasteiger partial charge is 0.127 e. The van der Waals surface area contributed by atoms with Crippen LogP contribution in [-0.4, -0.2) is 86.1 Å². The highest BCUT2D eigenvalue weighted by Gasteiger charge is 2.12. The molecule has 0 heterocycles. The van der Waals surface area contributed by atoms with Gasteiger partial charge in [0.1, 0.15) is 36.9 Å². The molecule has 0 aliphatic heterocycles. The minimum absolute atomic E-state index is 0.148. The molecular formula is C22H32O6S2. The summed E-state index contributed by atoms with van der Waals surface area (Å²) in [6.07, 6.45) is 2.65. The average Bonchev–Trinajstić information content (AvgIpc) is 2.76. The fourth-order valence-corrected chi connectivity index (χ4v) is 3.26. The van der Waals surface area contributed by atoms with Crippen LogP contribution in [0.25, 0.3) is 10.8 Å². The molecule has 2 N–H and O–H groups in total. The quantitative estimate of drug-likeness (QED) is 0.373. The maximum absolute atomic E-state index is 10.1. The van der Waals surface area contributed by atoms with Gasteiger partial charge in [-0.05, 0) is 24.6 Å². The van der Waals surface area contributed by atoms with Crippen LogP contribution in [-0.2, 0) is 9.47 Å². The Labute approximate surface area is 187 Å². The van der Waals surface area contributed by atoms with Gasteiger partial charge in [-0.2, -0.15) is 23.5 Å². The summed E-state index contributed by atoms with van der Waals surface area (Å²) >= 11 is 3.41. The van der Waals surface area contributed by atoms with Gasteiger partial charge in [0.25, 0.3) is 0 Å². The van der Waals surface area contributed by atoms with E-state index in [9.17, 15) is 10.2 Å². The van der Waals surface area contributed by atoms with Crippen molar-refractivity contribution in [3.8, 4) is 11.5 Å². The molecule has 168 valence electrons. The Balaban J connectivity index is 1.90. The van der Waals surface area contributed by atoms with Gasteiger partial charge >= 0.3 is 0 Å². The molecule has 8 heteroatoms. The predicted octanol–water partition coefficient (Wildman–Crippen LogP) is 3.08. The Morgan fingerprint density at radius 3 is 1.53 bits per heavy atom. The van der Waals surface area contributed by atoms with Crippen molar-refractivity contribution in [1.29, 1.82) is 0 Å². The van der Waals surface area contributed by atoms with Crippen LogP contribution in [0.1, 0.15) is 0 Å². The number of fused-ring (bicyclic) bond motifs is 1. The zero-order valence-electron chi connectivity index (χ0n) is 17.6. The molecule has 2 aromatic carbocycles. The molecule has 0 saturated carbocycles. The van der Waals surface area contributed by atoms with E-state index in [1.54, 1.807) is 23.5 Å². The molecule has 0 saturated heterocycles. The Morgan fingerprint density at radius 2 is 1.13 bits per heavy atom. The number of aliphatic hydroxyl groups is 2. The Morgan fingerprint density at radius 1 is 0.700 bits per heavy atom. The largest absolute Gasteiger partial charge is 0.490 e. The summed E-state index contributed by atoms with van der Waals surface area (Å²) < 4.78 is 22.5. The highest BCUT2D eigenvalue weighted by atomic mass is 32.2. The first-order valence-corrected chi connectivity index (χ1v) is 12.7. The lowest BCUT2D eigenvalue weighted by Crippen LogP contribution is -2.24. The molecule has 6 nitrogen and oxygen atoms in total. The third-order valence-corrected chi connectivity index (χ3v) is 5.34. The number of hydrogen-bond donors (Lipinski definition) is 2. The molecule has 2 unspecified atom stereocenters. The van der Waals surface area contributed by atoms with Gasteiger partial charge in [0, 0.05) is 22.3 Å². The van der Waals surface area contributed by atoms with Gasteiger partial charge in [-0.3, -0.25) is 0 Å². The molecule has 2 aromatic rings. The van der Waals surface area contributed by atoms with Crippen molar-refractivity contribution in [3.05, 3.63) is 36.4 Å². The zero-order valence-corrected chi connectivity index (χ0v) is 19.3. The van der Waals surface area contributed by atoms with Crippen LogP contribution in [0.3, 0.4) is 0 Å². The number of ether oxygens (including phenoxy) is 4. The summed E-state index contributed by atoms with van der Waals surface area (Å²) in [6, 6.07) is 11.4. The molecule has 30 heavy (non-hydrogen) atoms. The second-order valence-corrected chi connectivity index (χ2v) is 8.64. The number of hydrogen-bond acceptors (Lipinski definition) is 8. The number of rotatable bonds is 16. The molecule has 0 aromatic heterocycles. The van der Waals surface area contributed by atoms with Crippen molar-refractivity contribution in [2.75, 3.05) is 63.7 Å². The van der Waals surface area contributed by atoms with Crippen molar-refractivity contribution in [2.45, 2.75) is 12.2 Å². The van der Waals surface area contributed by atoms with Gasteiger partial charge < -0.3 is 29.2 Å². The predicted molar refractivity (Wildman–Crippen MR) is 125 cm³/mol. The maximum Gasteiger partial charge on any atom is 0.127 e. The summed E-state index contributed by atoms with van der Waals surface area (Å²) in [6.45, 7) is 2.02. The zero-order chi connectivity index (χ0) is 21.6. The van der Waals surface area contributed by atoms with E-state index in [-0.39, 0.29) is 26.4 Å². The molecular weight excluding hydrogens is 424 g/mol. The van der Waals surface area contributed by atoms with Crippen molar-refractivity contribution < 1.29 is 29.2 Å². The van der Waals surface area contributed by atoms with Crippen LogP contribution in [0, 0.1) is 0 Å². The van der Waals surface area contributed by atoms with E-state index in [0.717, 1.165) is 22.3 Å². The van der Waals surface area contributed by atoms with E-state index in [4.69, 9.17) is 18.9 Å². The first-order valence-electron chi connectivity index (χ1n) is 9.92. The summed E-state index contributed by atoms with van der Waals surface area (Å²) in [4.78, 5) is 0. The minimum Gasteiger partial charge on any atom is -0.490 e.